The second-order valence-corrected chi connectivity index (χ2v) is 7.75. The third-order valence-corrected chi connectivity index (χ3v) is 5.75. The van der Waals surface area contributed by atoms with Gasteiger partial charge in [0.25, 0.3) is 0 Å². The van der Waals surface area contributed by atoms with Gasteiger partial charge >= 0.3 is 0 Å². The Kier molecular flexibility index (Phi) is 6.39. The zero-order chi connectivity index (χ0) is 21.8. The Morgan fingerprint density at radius 3 is 2.74 bits per heavy atom. The standard InChI is InChI=1S/C23H28N6O2/c1-15-10-20(30-4)17(3)16(2)18(15)13-29-8-9-31-21(14-29)19-11-24-12-22(27-19)28-23-25-6-5-7-26-23/h5-7,10-12,21H,8-9,13-14H2,1-4H3,(H,25,26,27,28)/t21-/m1/s1. The molecule has 0 radical (unpaired) electrons. The van der Waals surface area contributed by atoms with E-state index >= 15 is 0 Å². The van der Waals surface area contributed by atoms with Gasteiger partial charge in [0.2, 0.25) is 5.95 Å². The van der Waals surface area contributed by atoms with Crippen LogP contribution >= 0.6 is 0 Å². The highest BCUT2D eigenvalue weighted by molar-refractivity contribution is 5.48. The third kappa shape index (κ3) is 4.81. The summed E-state index contributed by atoms with van der Waals surface area (Å²) in [5, 5.41) is 3.09. The fourth-order valence-corrected chi connectivity index (χ4v) is 3.88. The van der Waals surface area contributed by atoms with Crippen LogP contribution in [0.25, 0.3) is 0 Å². The van der Waals surface area contributed by atoms with Gasteiger partial charge in [0.15, 0.2) is 5.82 Å². The zero-order valence-electron chi connectivity index (χ0n) is 18.4. The lowest BCUT2D eigenvalue weighted by Gasteiger charge is -2.33. The maximum absolute atomic E-state index is 6.03. The predicted octanol–water partition coefficient (Wildman–Crippen LogP) is 3.52. The molecule has 1 aliphatic heterocycles. The summed E-state index contributed by atoms with van der Waals surface area (Å²) in [4.78, 5) is 19.8. The van der Waals surface area contributed by atoms with E-state index in [2.05, 4.69) is 57.0 Å². The van der Waals surface area contributed by atoms with Gasteiger partial charge in [-0.2, -0.15) is 0 Å². The quantitative estimate of drug-likeness (QED) is 0.648. The van der Waals surface area contributed by atoms with Crippen molar-refractivity contribution in [1.82, 2.24) is 24.8 Å². The van der Waals surface area contributed by atoms with Crippen LogP contribution in [0.4, 0.5) is 11.8 Å². The van der Waals surface area contributed by atoms with Crippen molar-refractivity contribution in [3.05, 3.63) is 64.9 Å². The molecule has 1 aliphatic rings. The smallest absolute Gasteiger partial charge is 0.228 e. The monoisotopic (exact) mass is 420 g/mol. The summed E-state index contributed by atoms with van der Waals surface area (Å²) in [7, 11) is 1.72. The molecule has 4 rings (SSSR count). The Bertz CT molecular complexity index is 1040. The Labute approximate surface area is 182 Å². The van der Waals surface area contributed by atoms with Crippen LogP contribution in [0.2, 0.25) is 0 Å². The summed E-state index contributed by atoms with van der Waals surface area (Å²) < 4.78 is 11.6. The Hall–Kier alpha value is -3.10. The fourth-order valence-electron chi connectivity index (χ4n) is 3.88. The first kappa shape index (κ1) is 21.1. The number of methoxy groups -OCH3 is 1. The van der Waals surface area contributed by atoms with Gasteiger partial charge in [0, 0.05) is 32.0 Å². The molecule has 8 heteroatoms. The number of morpholine rings is 1. The highest BCUT2D eigenvalue weighted by atomic mass is 16.5. The van der Waals surface area contributed by atoms with E-state index in [1.165, 1.54) is 22.3 Å². The molecule has 8 nitrogen and oxygen atoms in total. The molecule has 0 aliphatic carbocycles. The van der Waals surface area contributed by atoms with Crippen LogP contribution in [0.15, 0.2) is 36.9 Å². The molecule has 0 bridgehead atoms. The van der Waals surface area contributed by atoms with Crippen LogP contribution in [0, 0.1) is 20.8 Å². The Morgan fingerprint density at radius 1 is 1.16 bits per heavy atom. The molecule has 3 heterocycles. The minimum absolute atomic E-state index is 0.139. The summed E-state index contributed by atoms with van der Waals surface area (Å²) in [6.45, 7) is 9.58. The van der Waals surface area contributed by atoms with Crippen molar-refractivity contribution < 1.29 is 9.47 Å². The molecule has 0 spiro atoms. The minimum atomic E-state index is -0.139. The number of aromatic nitrogens is 4. The number of hydrogen-bond acceptors (Lipinski definition) is 8. The molecule has 3 aromatic rings. The number of nitrogens with one attached hydrogen (secondary N) is 1. The van der Waals surface area contributed by atoms with Crippen molar-refractivity contribution >= 4 is 11.8 Å². The van der Waals surface area contributed by atoms with Crippen LogP contribution in [0.3, 0.4) is 0 Å². The molecular formula is C23H28N6O2. The van der Waals surface area contributed by atoms with Gasteiger partial charge in [-0.15, -0.1) is 0 Å². The Balaban J connectivity index is 1.48. The van der Waals surface area contributed by atoms with Crippen molar-refractivity contribution in [1.29, 1.82) is 0 Å². The number of anilines is 2. The van der Waals surface area contributed by atoms with E-state index in [-0.39, 0.29) is 6.10 Å². The average molecular weight is 421 g/mol. The maximum Gasteiger partial charge on any atom is 0.228 e. The highest BCUT2D eigenvalue weighted by Crippen LogP contribution is 2.30. The summed E-state index contributed by atoms with van der Waals surface area (Å²) >= 11 is 0. The molecule has 31 heavy (non-hydrogen) atoms. The summed E-state index contributed by atoms with van der Waals surface area (Å²) in [6.07, 6.45) is 6.64. The predicted molar refractivity (Wildman–Crippen MR) is 119 cm³/mol. The maximum atomic E-state index is 6.03. The molecule has 0 amide bonds. The van der Waals surface area contributed by atoms with E-state index in [0.717, 1.165) is 31.1 Å². The molecule has 2 aromatic heterocycles. The van der Waals surface area contributed by atoms with Gasteiger partial charge in [-0.3, -0.25) is 9.88 Å². The number of nitrogens with zero attached hydrogens (tertiary/aromatic N) is 5. The van der Waals surface area contributed by atoms with Crippen LogP contribution in [-0.2, 0) is 11.3 Å². The van der Waals surface area contributed by atoms with Gasteiger partial charge in [0.1, 0.15) is 11.9 Å². The van der Waals surface area contributed by atoms with Gasteiger partial charge in [-0.1, -0.05) is 0 Å². The van der Waals surface area contributed by atoms with E-state index in [1.807, 2.05) is 0 Å². The lowest BCUT2D eigenvalue weighted by Crippen LogP contribution is -2.38. The van der Waals surface area contributed by atoms with Gasteiger partial charge in [0.05, 0.1) is 31.8 Å². The van der Waals surface area contributed by atoms with Crippen LogP contribution in [-0.4, -0.2) is 51.6 Å². The summed E-state index contributed by atoms with van der Waals surface area (Å²) in [5.41, 5.74) is 5.87. The SMILES string of the molecule is COc1cc(C)c(CN2CCO[C@@H](c3cncc(Nc4ncccn4)n3)C2)c(C)c1C. The first-order valence-corrected chi connectivity index (χ1v) is 10.4. The average Bonchev–Trinajstić information content (AvgIpc) is 2.80. The van der Waals surface area contributed by atoms with Crippen LogP contribution in [0.5, 0.6) is 5.75 Å². The number of aryl methyl sites for hydroxylation is 1. The van der Waals surface area contributed by atoms with Crippen molar-refractivity contribution in [2.75, 3.05) is 32.1 Å². The van der Waals surface area contributed by atoms with Crippen molar-refractivity contribution in [2.24, 2.45) is 0 Å². The molecule has 1 aromatic carbocycles. The van der Waals surface area contributed by atoms with E-state index in [0.29, 0.717) is 18.4 Å². The van der Waals surface area contributed by atoms with Gasteiger partial charge in [-0.05, 0) is 55.2 Å². The molecule has 1 saturated heterocycles. The molecule has 0 unspecified atom stereocenters. The van der Waals surface area contributed by atoms with Gasteiger partial charge in [-0.25, -0.2) is 15.0 Å². The zero-order valence-corrected chi connectivity index (χ0v) is 18.4. The highest BCUT2D eigenvalue weighted by Gasteiger charge is 2.25. The second kappa shape index (κ2) is 9.36. The molecule has 1 N–H and O–H groups in total. The summed E-state index contributed by atoms with van der Waals surface area (Å²) in [6, 6.07) is 3.90. The van der Waals surface area contributed by atoms with Crippen molar-refractivity contribution in [2.45, 2.75) is 33.4 Å². The molecule has 1 atom stereocenters. The van der Waals surface area contributed by atoms with Crippen molar-refractivity contribution in [3.8, 4) is 5.75 Å². The van der Waals surface area contributed by atoms with E-state index < -0.39 is 0 Å². The third-order valence-electron chi connectivity index (χ3n) is 5.75. The first-order chi connectivity index (χ1) is 15.0. The van der Waals surface area contributed by atoms with Crippen LogP contribution < -0.4 is 10.1 Å². The fraction of sp³-hybridized carbons (Fsp3) is 0.391. The number of rotatable bonds is 6. The Morgan fingerprint density at radius 2 is 1.97 bits per heavy atom. The molecule has 162 valence electrons. The van der Waals surface area contributed by atoms with E-state index in [9.17, 15) is 0 Å². The number of benzene rings is 1. The second-order valence-electron chi connectivity index (χ2n) is 7.75. The minimum Gasteiger partial charge on any atom is -0.496 e. The first-order valence-electron chi connectivity index (χ1n) is 10.4. The lowest BCUT2D eigenvalue weighted by atomic mass is 9.96. The largest absolute Gasteiger partial charge is 0.496 e. The topological polar surface area (TPSA) is 85.3 Å². The van der Waals surface area contributed by atoms with E-state index in [4.69, 9.17) is 9.47 Å². The molecular weight excluding hydrogens is 392 g/mol. The summed E-state index contributed by atoms with van der Waals surface area (Å²) in [5.74, 6) is 2.03. The van der Waals surface area contributed by atoms with Gasteiger partial charge < -0.3 is 14.8 Å². The molecule has 0 saturated carbocycles. The normalized spacial score (nSPS) is 16.8. The van der Waals surface area contributed by atoms with Crippen LogP contribution in [0.1, 0.15) is 34.1 Å². The molecule has 1 fully saturated rings. The number of ether oxygens (including phenoxy) is 2. The number of hydrogen-bond donors (Lipinski definition) is 1. The van der Waals surface area contributed by atoms with E-state index in [1.54, 1.807) is 38.0 Å². The van der Waals surface area contributed by atoms with Crippen molar-refractivity contribution in [3.63, 3.8) is 0 Å². The lowest BCUT2D eigenvalue weighted by molar-refractivity contribution is -0.0352.